The van der Waals surface area contributed by atoms with Crippen molar-refractivity contribution in [1.29, 1.82) is 0 Å². The number of thioether (sulfide) groups is 2. The van der Waals surface area contributed by atoms with E-state index >= 15 is 0 Å². The summed E-state index contributed by atoms with van der Waals surface area (Å²) in [5, 5.41) is 5.67. The number of rotatable bonds is 8. The molecule has 2 heterocycles. The van der Waals surface area contributed by atoms with E-state index in [2.05, 4.69) is 10.6 Å². The highest BCUT2D eigenvalue weighted by Gasteiger charge is 2.42. The zero-order chi connectivity index (χ0) is 27.4. The van der Waals surface area contributed by atoms with Gasteiger partial charge in [-0.25, -0.2) is 0 Å². The molecule has 12 heteroatoms. The van der Waals surface area contributed by atoms with Gasteiger partial charge in [0.25, 0.3) is 11.8 Å². The first-order valence-corrected chi connectivity index (χ1v) is 14.1. The van der Waals surface area contributed by atoms with Gasteiger partial charge in [0.1, 0.15) is 8.64 Å². The number of hydrogen-bond acceptors (Lipinski definition) is 8. The molecule has 38 heavy (non-hydrogen) atoms. The Morgan fingerprint density at radius 3 is 1.45 bits per heavy atom. The third kappa shape index (κ3) is 6.32. The van der Waals surface area contributed by atoms with Gasteiger partial charge in [0.2, 0.25) is 11.8 Å². The first-order valence-electron chi connectivity index (χ1n) is 11.7. The molecule has 0 bridgehead atoms. The highest BCUT2D eigenvalue weighted by molar-refractivity contribution is 8.29. The lowest BCUT2D eigenvalue weighted by molar-refractivity contribution is -0.125. The van der Waals surface area contributed by atoms with Crippen LogP contribution in [-0.2, 0) is 19.2 Å². The van der Waals surface area contributed by atoms with Crippen LogP contribution in [0.25, 0.3) is 0 Å². The molecule has 0 saturated carbocycles. The van der Waals surface area contributed by atoms with E-state index in [1.165, 1.54) is 9.80 Å². The quantitative estimate of drug-likeness (QED) is 0.343. The predicted molar refractivity (Wildman–Crippen MR) is 160 cm³/mol. The Hall–Kier alpha value is -3.06. The molecule has 0 aromatic heterocycles. The maximum Gasteiger partial charge on any atom is 0.267 e. The first kappa shape index (κ1) is 28.0. The van der Waals surface area contributed by atoms with Gasteiger partial charge < -0.3 is 10.6 Å². The molecule has 2 aliphatic rings. The predicted octanol–water partition coefficient (Wildman–Crippen LogP) is 4.59. The number of carbonyl (C=O) groups excluding carboxylic acids is 4. The average molecular weight is 585 g/mol. The first-order chi connectivity index (χ1) is 18.2. The van der Waals surface area contributed by atoms with Crippen LogP contribution in [0.5, 0.6) is 0 Å². The Morgan fingerprint density at radius 1 is 0.711 bits per heavy atom. The van der Waals surface area contributed by atoms with Crippen LogP contribution in [0, 0.1) is 13.8 Å². The summed E-state index contributed by atoms with van der Waals surface area (Å²) in [6, 6.07) is 14.8. The molecule has 2 aliphatic heterocycles. The van der Waals surface area contributed by atoms with Gasteiger partial charge in [0.15, 0.2) is 0 Å². The van der Waals surface area contributed by atoms with Gasteiger partial charge in [0, 0.05) is 37.3 Å². The molecule has 0 spiro atoms. The number of amides is 4. The lowest BCUT2D eigenvalue weighted by Gasteiger charge is -2.15. The third-order valence-electron chi connectivity index (χ3n) is 5.87. The molecule has 4 rings (SSSR count). The van der Waals surface area contributed by atoms with Crippen LogP contribution in [0.15, 0.2) is 58.3 Å². The molecule has 196 valence electrons. The molecule has 8 nitrogen and oxygen atoms in total. The molecule has 0 atom stereocenters. The summed E-state index contributed by atoms with van der Waals surface area (Å²) in [5.41, 5.74) is 3.28. The lowest BCUT2D eigenvalue weighted by atomic mass is 10.2. The van der Waals surface area contributed by atoms with Gasteiger partial charge in [-0.1, -0.05) is 84.4 Å². The zero-order valence-electron chi connectivity index (χ0n) is 20.6. The van der Waals surface area contributed by atoms with Crippen LogP contribution in [0.4, 0.5) is 11.4 Å². The van der Waals surface area contributed by atoms with Crippen molar-refractivity contribution in [3.63, 3.8) is 0 Å². The van der Waals surface area contributed by atoms with E-state index < -0.39 is 11.8 Å². The molecule has 2 aromatic rings. The normalized spacial score (nSPS) is 17.4. The SMILES string of the molecule is Cc1ccccc1NC(=O)CCN1C(=O)C(=C2SC(=S)N(CCC(=O)Nc3ccccc3C)C2=O)SC1=S. The third-order valence-corrected chi connectivity index (χ3v) is 8.89. The maximum absolute atomic E-state index is 13.1. The molecule has 0 unspecified atom stereocenters. The fourth-order valence-electron chi connectivity index (χ4n) is 3.73. The number of thiocarbonyl (C=S) groups is 2. The summed E-state index contributed by atoms with van der Waals surface area (Å²) in [7, 11) is 0. The number of nitrogens with zero attached hydrogens (tertiary/aromatic N) is 2. The number of para-hydroxylation sites is 2. The molecule has 0 radical (unpaired) electrons. The van der Waals surface area contributed by atoms with Crippen molar-refractivity contribution < 1.29 is 19.2 Å². The minimum Gasteiger partial charge on any atom is -0.326 e. The van der Waals surface area contributed by atoms with Crippen molar-refractivity contribution in [1.82, 2.24) is 9.80 Å². The number of nitrogens with one attached hydrogen (secondary N) is 2. The molecule has 0 aliphatic carbocycles. The molecule has 2 saturated heterocycles. The summed E-state index contributed by atoms with van der Waals surface area (Å²) in [6.45, 7) is 3.96. The van der Waals surface area contributed by atoms with Crippen LogP contribution in [0.3, 0.4) is 0 Å². The Bertz CT molecular complexity index is 1290. The number of benzene rings is 2. The van der Waals surface area contributed by atoms with Crippen molar-refractivity contribution in [2.45, 2.75) is 26.7 Å². The highest BCUT2D eigenvalue weighted by atomic mass is 32.2. The van der Waals surface area contributed by atoms with Gasteiger partial charge in [0.05, 0.1) is 9.81 Å². The van der Waals surface area contributed by atoms with Crippen molar-refractivity contribution >= 4 is 91.6 Å². The summed E-state index contributed by atoms with van der Waals surface area (Å²) in [5.74, 6) is -1.35. The Kier molecular flexibility index (Phi) is 8.98. The maximum atomic E-state index is 13.1. The molecule has 4 amide bonds. The van der Waals surface area contributed by atoms with E-state index in [-0.39, 0.29) is 56.2 Å². The summed E-state index contributed by atoms with van der Waals surface area (Å²) < 4.78 is 0.549. The van der Waals surface area contributed by atoms with Gasteiger partial charge in [-0.2, -0.15) is 0 Å². The van der Waals surface area contributed by atoms with Gasteiger partial charge in [-0.05, 0) is 37.1 Å². The van der Waals surface area contributed by atoms with Crippen molar-refractivity contribution in [3.05, 3.63) is 69.5 Å². The number of hydrogen-bond donors (Lipinski definition) is 2. The Balaban J connectivity index is 1.35. The zero-order valence-corrected chi connectivity index (χ0v) is 23.9. The van der Waals surface area contributed by atoms with E-state index in [1.807, 2.05) is 50.2 Å². The van der Waals surface area contributed by atoms with Gasteiger partial charge in [-0.15, -0.1) is 0 Å². The van der Waals surface area contributed by atoms with E-state index in [9.17, 15) is 19.2 Å². The Labute approximate surface area is 239 Å². The summed E-state index contributed by atoms with van der Waals surface area (Å²) in [4.78, 5) is 54.2. The molecule has 2 fully saturated rings. The summed E-state index contributed by atoms with van der Waals surface area (Å²) in [6.07, 6.45) is 0.0933. The highest BCUT2D eigenvalue weighted by Crippen LogP contribution is 2.42. The fourth-order valence-corrected chi connectivity index (χ4v) is 6.51. The van der Waals surface area contributed by atoms with Gasteiger partial charge in [-0.3, -0.25) is 29.0 Å². The smallest absolute Gasteiger partial charge is 0.267 e. The molecular weight excluding hydrogens is 561 g/mol. The molecule has 2 N–H and O–H groups in total. The van der Waals surface area contributed by atoms with Crippen LogP contribution in [0.1, 0.15) is 24.0 Å². The lowest BCUT2D eigenvalue weighted by Crippen LogP contribution is -2.33. The summed E-state index contributed by atoms with van der Waals surface area (Å²) >= 11 is 12.8. The number of carbonyl (C=O) groups is 4. The second-order valence-electron chi connectivity index (χ2n) is 8.53. The van der Waals surface area contributed by atoms with Gasteiger partial charge >= 0.3 is 0 Å². The Morgan fingerprint density at radius 2 is 1.08 bits per heavy atom. The van der Waals surface area contributed by atoms with E-state index in [4.69, 9.17) is 24.4 Å². The van der Waals surface area contributed by atoms with Crippen LogP contribution in [-0.4, -0.2) is 55.2 Å². The standard InChI is InChI=1S/C26H24N4O4S4/c1-15-7-3-5-9-17(15)27-19(31)11-13-29-23(33)21(37-25(29)35)22-24(34)30(26(36)38-22)14-12-20(32)28-18-10-6-4-8-16(18)2/h3-10H,11-14H2,1-2H3,(H,27,31)(H,28,32). The van der Waals surface area contributed by atoms with Crippen molar-refractivity contribution in [3.8, 4) is 0 Å². The van der Waals surface area contributed by atoms with Crippen LogP contribution >= 0.6 is 48.0 Å². The molecule has 2 aromatic carbocycles. The van der Waals surface area contributed by atoms with Crippen molar-refractivity contribution in [2.75, 3.05) is 23.7 Å². The number of aryl methyl sites for hydroxylation is 2. The largest absolute Gasteiger partial charge is 0.326 e. The van der Waals surface area contributed by atoms with Crippen LogP contribution in [0.2, 0.25) is 0 Å². The average Bonchev–Trinajstić information content (AvgIpc) is 3.32. The van der Waals surface area contributed by atoms with E-state index in [0.29, 0.717) is 11.4 Å². The fraction of sp³-hybridized carbons (Fsp3) is 0.231. The second kappa shape index (κ2) is 12.2. The van der Waals surface area contributed by atoms with Crippen molar-refractivity contribution in [2.24, 2.45) is 0 Å². The minimum atomic E-state index is -0.429. The second-order valence-corrected chi connectivity index (χ2v) is 11.8. The van der Waals surface area contributed by atoms with E-state index in [0.717, 1.165) is 34.7 Å². The molecular formula is C26H24N4O4S4. The van der Waals surface area contributed by atoms with E-state index in [1.54, 1.807) is 12.1 Å². The van der Waals surface area contributed by atoms with Crippen LogP contribution < -0.4 is 10.6 Å². The minimum absolute atomic E-state index is 0.0466. The number of anilines is 2. The topological polar surface area (TPSA) is 98.8 Å². The monoisotopic (exact) mass is 584 g/mol.